The van der Waals surface area contributed by atoms with Crippen molar-refractivity contribution in [2.75, 3.05) is 6.54 Å². The van der Waals surface area contributed by atoms with Crippen molar-refractivity contribution in [3.05, 3.63) is 49.1 Å². The molecule has 84 valence electrons. The number of aliphatic hydroxyl groups excluding tert-OH is 1. The lowest BCUT2D eigenvalue weighted by Gasteiger charge is -2.14. The first-order chi connectivity index (χ1) is 7.11. The fourth-order valence-electron chi connectivity index (χ4n) is 1.03. The molecule has 1 atom stereocenters. The van der Waals surface area contributed by atoms with Crippen LogP contribution in [-0.4, -0.2) is 23.8 Å². The molecule has 0 heterocycles. The van der Waals surface area contributed by atoms with E-state index >= 15 is 0 Å². The Morgan fingerprint density at radius 1 is 1.33 bits per heavy atom. The second kappa shape index (κ2) is 8.21. The van der Waals surface area contributed by atoms with Crippen molar-refractivity contribution < 1.29 is 5.11 Å². The third-order valence-corrected chi connectivity index (χ3v) is 1.88. The molecule has 1 unspecified atom stereocenters. The Balaban J connectivity index is 4.26. The highest BCUT2D eigenvalue weighted by Crippen LogP contribution is 2.03. The highest BCUT2D eigenvalue weighted by Gasteiger charge is 2.06. The maximum atomic E-state index is 9.80. The molecular weight excluding hydrogens is 186 g/mol. The molecule has 0 aliphatic carbocycles. The average molecular weight is 207 g/mol. The van der Waals surface area contributed by atoms with Gasteiger partial charge in [0.1, 0.15) is 0 Å². The second-order valence-electron chi connectivity index (χ2n) is 3.57. The molecule has 0 fully saturated rings. The van der Waals surface area contributed by atoms with Crippen LogP contribution in [0.1, 0.15) is 13.8 Å². The van der Waals surface area contributed by atoms with Gasteiger partial charge in [-0.05, 0) is 5.57 Å². The fourth-order valence-corrected chi connectivity index (χ4v) is 1.03. The number of hydrogen-bond acceptors (Lipinski definition) is 2. The predicted molar refractivity (Wildman–Crippen MR) is 66.8 cm³/mol. The normalized spacial score (nSPS) is 14.5. The van der Waals surface area contributed by atoms with Crippen molar-refractivity contribution in [2.24, 2.45) is 0 Å². The van der Waals surface area contributed by atoms with E-state index in [0.717, 1.165) is 5.57 Å². The highest BCUT2D eigenvalue weighted by atomic mass is 16.3. The molecule has 0 amide bonds. The molecule has 0 bridgehead atoms. The van der Waals surface area contributed by atoms with E-state index < -0.39 is 6.10 Å². The lowest BCUT2D eigenvalue weighted by atomic mass is 10.1. The van der Waals surface area contributed by atoms with E-state index in [1.54, 1.807) is 12.2 Å². The molecule has 0 aromatic rings. The van der Waals surface area contributed by atoms with Crippen LogP contribution in [-0.2, 0) is 0 Å². The van der Waals surface area contributed by atoms with Crippen LogP contribution in [0.15, 0.2) is 49.1 Å². The largest absolute Gasteiger partial charge is 0.387 e. The predicted octanol–water partition coefficient (Wildman–Crippen LogP) is 2.20. The van der Waals surface area contributed by atoms with Gasteiger partial charge in [-0.3, -0.25) is 0 Å². The standard InChI is InChI=1S/C13H21NO/c1-5-7-8-9-12(6-2)13(15)10-14-11(3)4/h5-9,11,13-15H,1-2,10H2,3-4H3/b8-7-,12-9+. The summed E-state index contributed by atoms with van der Waals surface area (Å²) >= 11 is 0. The van der Waals surface area contributed by atoms with Crippen molar-refractivity contribution in [3.8, 4) is 0 Å². The summed E-state index contributed by atoms with van der Waals surface area (Å²) in [6.45, 7) is 11.9. The Morgan fingerprint density at radius 2 is 2.00 bits per heavy atom. The van der Waals surface area contributed by atoms with E-state index in [1.807, 2.05) is 32.1 Å². The van der Waals surface area contributed by atoms with E-state index in [2.05, 4.69) is 18.5 Å². The van der Waals surface area contributed by atoms with Crippen LogP contribution in [0, 0.1) is 0 Å². The minimum Gasteiger partial charge on any atom is -0.387 e. The molecule has 0 saturated carbocycles. The van der Waals surface area contributed by atoms with Gasteiger partial charge in [-0.2, -0.15) is 0 Å². The van der Waals surface area contributed by atoms with Crippen LogP contribution in [0.2, 0.25) is 0 Å². The number of hydrogen-bond donors (Lipinski definition) is 2. The average Bonchev–Trinajstić information content (AvgIpc) is 2.21. The second-order valence-corrected chi connectivity index (χ2v) is 3.57. The third kappa shape index (κ3) is 6.89. The van der Waals surface area contributed by atoms with Crippen LogP contribution < -0.4 is 5.32 Å². The molecule has 0 aromatic heterocycles. The zero-order valence-corrected chi connectivity index (χ0v) is 9.61. The Bertz CT molecular complexity index is 251. The molecular formula is C13H21NO. The number of rotatable bonds is 7. The summed E-state index contributed by atoms with van der Waals surface area (Å²) in [7, 11) is 0. The lowest BCUT2D eigenvalue weighted by Crippen LogP contribution is -2.32. The molecule has 2 N–H and O–H groups in total. The van der Waals surface area contributed by atoms with Crippen LogP contribution in [0.4, 0.5) is 0 Å². The van der Waals surface area contributed by atoms with Gasteiger partial charge in [-0.25, -0.2) is 0 Å². The van der Waals surface area contributed by atoms with Crippen molar-refractivity contribution >= 4 is 0 Å². The Kier molecular flexibility index (Phi) is 7.60. The van der Waals surface area contributed by atoms with E-state index in [4.69, 9.17) is 0 Å². The van der Waals surface area contributed by atoms with Crippen molar-refractivity contribution in [1.82, 2.24) is 5.32 Å². The van der Waals surface area contributed by atoms with E-state index in [0.29, 0.717) is 12.6 Å². The maximum absolute atomic E-state index is 9.80. The summed E-state index contributed by atoms with van der Waals surface area (Å²) in [5, 5.41) is 13.0. The smallest absolute Gasteiger partial charge is 0.0914 e. The van der Waals surface area contributed by atoms with E-state index in [9.17, 15) is 5.11 Å². The summed E-state index contributed by atoms with van der Waals surface area (Å²) < 4.78 is 0. The van der Waals surface area contributed by atoms with Crippen molar-refractivity contribution in [2.45, 2.75) is 26.0 Å². The minimum atomic E-state index is -0.514. The summed E-state index contributed by atoms with van der Waals surface area (Å²) in [6, 6.07) is 0.370. The monoisotopic (exact) mass is 207 g/mol. The van der Waals surface area contributed by atoms with Gasteiger partial charge in [0.05, 0.1) is 6.10 Å². The number of nitrogens with one attached hydrogen (secondary N) is 1. The molecule has 0 aliphatic rings. The van der Waals surface area contributed by atoms with Gasteiger partial charge < -0.3 is 10.4 Å². The maximum Gasteiger partial charge on any atom is 0.0914 e. The molecule has 0 aliphatic heterocycles. The fraction of sp³-hybridized carbons (Fsp3) is 0.385. The van der Waals surface area contributed by atoms with Gasteiger partial charge in [0.25, 0.3) is 0 Å². The first-order valence-electron chi connectivity index (χ1n) is 5.15. The molecule has 2 heteroatoms. The summed E-state index contributed by atoms with van der Waals surface area (Å²) in [5.74, 6) is 0. The molecule has 0 spiro atoms. The minimum absolute atomic E-state index is 0.370. The molecule has 0 rings (SSSR count). The Labute approximate surface area is 92.7 Å². The highest BCUT2D eigenvalue weighted by molar-refractivity contribution is 5.27. The topological polar surface area (TPSA) is 32.3 Å². The van der Waals surface area contributed by atoms with Gasteiger partial charge in [0.2, 0.25) is 0 Å². The molecule has 15 heavy (non-hydrogen) atoms. The lowest BCUT2D eigenvalue weighted by molar-refractivity contribution is 0.207. The van der Waals surface area contributed by atoms with Gasteiger partial charge in [0.15, 0.2) is 0 Å². The van der Waals surface area contributed by atoms with Crippen LogP contribution in [0.3, 0.4) is 0 Å². The Hall–Kier alpha value is -1.12. The van der Waals surface area contributed by atoms with Crippen molar-refractivity contribution in [3.63, 3.8) is 0 Å². The van der Waals surface area contributed by atoms with Crippen LogP contribution in [0.5, 0.6) is 0 Å². The Morgan fingerprint density at radius 3 is 2.47 bits per heavy atom. The molecule has 0 radical (unpaired) electrons. The summed E-state index contributed by atoms with van der Waals surface area (Å²) in [6.07, 6.45) is 8.32. The summed E-state index contributed by atoms with van der Waals surface area (Å²) in [4.78, 5) is 0. The van der Waals surface area contributed by atoms with Gasteiger partial charge in [-0.15, -0.1) is 0 Å². The molecule has 2 nitrogen and oxygen atoms in total. The summed E-state index contributed by atoms with van der Waals surface area (Å²) in [5.41, 5.74) is 0.807. The third-order valence-electron chi connectivity index (χ3n) is 1.88. The van der Waals surface area contributed by atoms with Crippen molar-refractivity contribution in [1.29, 1.82) is 0 Å². The van der Waals surface area contributed by atoms with Gasteiger partial charge in [0, 0.05) is 12.6 Å². The number of aliphatic hydroxyl groups is 1. The first-order valence-corrected chi connectivity index (χ1v) is 5.15. The van der Waals surface area contributed by atoms with Crippen LogP contribution >= 0.6 is 0 Å². The first kappa shape index (κ1) is 13.9. The van der Waals surface area contributed by atoms with Gasteiger partial charge in [-0.1, -0.05) is 57.4 Å². The van der Waals surface area contributed by atoms with Gasteiger partial charge >= 0.3 is 0 Å². The van der Waals surface area contributed by atoms with Crippen LogP contribution in [0.25, 0.3) is 0 Å². The molecule has 0 saturated heterocycles. The van der Waals surface area contributed by atoms with E-state index in [1.165, 1.54) is 0 Å². The quantitative estimate of drug-likeness (QED) is 0.627. The number of allylic oxidation sites excluding steroid dienone is 4. The zero-order valence-electron chi connectivity index (χ0n) is 9.61. The zero-order chi connectivity index (χ0) is 11.7. The SMILES string of the molecule is C=C/C=C\C=C(/C=C)C(O)CNC(C)C. The van der Waals surface area contributed by atoms with E-state index in [-0.39, 0.29) is 0 Å². The molecule has 0 aromatic carbocycles.